The molecule has 1 atom stereocenters. The molecule has 48 heavy (non-hydrogen) atoms. The summed E-state index contributed by atoms with van der Waals surface area (Å²) in [6.07, 6.45) is -4.46. The highest BCUT2D eigenvalue weighted by Crippen LogP contribution is 2.38. The molecule has 250 valence electrons. The van der Waals surface area contributed by atoms with Crippen LogP contribution in [0.5, 0.6) is 0 Å². The van der Waals surface area contributed by atoms with Crippen molar-refractivity contribution < 1.29 is 45.1 Å². The SMILES string of the molecule is O=C(c1nnn(Cc2cc(C(F)(F)F)cc(C(F)(F)F)c2)c1-c1cnccn1)c1c(COC2CCCCO2)noc1-c1ccccc1Cl. The highest BCUT2D eigenvalue weighted by molar-refractivity contribution is 6.33. The van der Waals surface area contributed by atoms with E-state index in [0.717, 1.165) is 17.5 Å². The van der Waals surface area contributed by atoms with E-state index in [1.54, 1.807) is 24.3 Å². The summed E-state index contributed by atoms with van der Waals surface area (Å²) in [5.74, 6) is -0.831. The van der Waals surface area contributed by atoms with Gasteiger partial charge in [-0.2, -0.15) is 26.3 Å². The first kappa shape index (κ1) is 33.2. The van der Waals surface area contributed by atoms with E-state index >= 15 is 0 Å². The van der Waals surface area contributed by atoms with Crippen LogP contribution in [-0.4, -0.2) is 48.8 Å². The maximum atomic E-state index is 14.4. The average Bonchev–Trinajstić information content (AvgIpc) is 3.68. The molecule has 4 heterocycles. The van der Waals surface area contributed by atoms with E-state index in [9.17, 15) is 31.1 Å². The van der Waals surface area contributed by atoms with Gasteiger partial charge in [0.15, 0.2) is 17.7 Å². The van der Waals surface area contributed by atoms with Crippen LogP contribution in [0.2, 0.25) is 5.02 Å². The van der Waals surface area contributed by atoms with Crippen LogP contribution in [0.15, 0.2) is 65.6 Å². The molecule has 1 aliphatic rings. The first-order valence-electron chi connectivity index (χ1n) is 14.4. The fourth-order valence-electron chi connectivity index (χ4n) is 5.15. The second kappa shape index (κ2) is 13.4. The summed E-state index contributed by atoms with van der Waals surface area (Å²) < 4.78 is 99.7. The number of rotatable bonds is 9. The molecule has 0 radical (unpaired) electrons. The number of carbonyl (C=O) groups excluding carboxylic acids is 1. The fraction of sp³-hybridized carbons (Fsp3) is 0.290. The van der Waals surface area contributed by atoms with Crippen LogP contribution < -0.4 is 0 Å². The van der Waals surface area contributed by atoms with Crippen molar-refractivity contribution in [2.75, 3.05) is 6.61 Å². The summed E-state index contributed by atoms with van der Waals surface area (Å²) in [4.78, 5) is 22.6. The Labute approximate surface area is 272 Å². The van der Waals surface area contributed by atoms with Crippen LogP contribution in [0.4, 0.5) is 26.3 Å². The Morgan fingerprint density at radius 2 is 1.77 bits per heavy atom. The quantitative estimate of drug-likeness (QED) is 0.115. The van der Waals surface area contributed by atoms with Gasteiger partial charge >= 0.3 is 12.4 Å². The molecular formula is C31H23ClF6N6O4. The Bertz CT molecular complexity index is 1890. The standard InChI is InChI=1S/C31H23ClF6N6O4/c32-21-6-2-1-5-20(21)29-25(23(42-48-29)16-47-24-7-3-4-10-46-24)28(45)26-27(22-14-39-8-9-40-22)44(43-41-26)15-17-11-18(30(33,34)35)13-19(12-17)31(36,37)38/h1-2,5-6,8-9,11-14,24H,3-4,7,10,15-16H2. The second-order valence-corrected chi connectivity index (χ2v) is 11.1. The number of ketones is 1. The Morgan fingerprint density at radius 1 is 1.02 bits per heavy atom. The van der Waals surface area contributed by atoms with Gasteiger partial charge in [0, 0.05) is 24.6 Å². The molecule has 0 amide bonds. The van der Waals surface area contributed by atoms with Gasteiger partial charge in [-0.1, -0.05) is 34.1 Å². The summed E-state index contributed by atoms with van der Waals surface area (Å²) in [7, 11) is 0. The Morgan fingerprint density at radius 3 is 2.42 bits per heavy atom. The van der Waals surface area contributed by atoms with Crippen LogP contribution in [0.3, 0.4) is 0 Å². The highest BCUT2D eigenvalue weighted by atomic mass is 35.5. The number of hydrogen-bond donors (Lipinski definition) is 0. The van der Waals surface area contributed by atoms with Crippen molar-refractivity contribution in [3.8, 4) is 22.7 Å². The second-order valence-electron chi connectivity index (χ2n) is 10.7. The van der Waals surface area contributed by atoms with Crippen molar-refractivity contribution in [2.24, 2.45) is 0 Å². The fourth-order valence-corrected chi connectivity index (χ4v) is 5.37. The van der Waals surface area contributed by atoms with E-state index in [1.165, 1.54) is 18.6 Å². The molecule has 3 aromatic heterocycles. The van der Waals surface area contributed by atoms with Crippen molar-refractivity contribution in [1.29, 1.82) is 0 Å². The summed E-state index contributed by atoms with van der Waals surface area (Å²) in [6.45, 7) is -0.352. The lowest BCUT2D eigenvalue weighted by Gasteiger charge is -2.22. The van der Waals surface area contributed by atoms with Crippen LogP contribution in [0, 0.1) is 0 Å². The third-order valence-corrected chi connectivity index (χ3v) is 7.72. The Balaban J connectivity index is 1.46. The molecule has 5 aromatic rings. The van der Waals surface area contributed by atoms with Gasteiger partial charge < -0.3 is 14.0 Å². The van der Waals surface area contributed by atoms with E-state index in [4.69, 9.17) is 25.6 Å². The van der Waals surface area contributed by atoms with E-state index in [0.29, 0.717) is 30.7 Å². The minimum atomic E-state index is -5.07. The van der Waals surface area contributed by atoms with Gasteiger partial charge in [-0.15, -0.1) is 5.10 Å². The number of alkyl halides is 6. The third kappa shape index (κ3) is 7.10. The molecule has 10 nitrogen and oxygen atoms in total. The number of ether oxygens (including phenoxy) is 2. The summed E-state index contributed by atoms with van der Waals surface area (Å²) in [5, 5.41) is 12.3. The zero-order valence-corrected chi connectivity index (χ0v) is 25.3. The lowest BCUT2D eigenvalue weighted by molar-refractivity contribution is -0.169. The summed E-state index contributed by atoms with van der Waals surface area (Å²) >= 11 is 6.44. The van der Waals surface area contributed by atoms with Gasteiger partial charge in [-0.25, -0.2) is 4.68 Å². The van der Waals surface area contributed by atoms with Gasteiger partial charge in [0.2, 0.25) is 5.78 Å². The Kier molecular flexibility index (Phi) is 9.31. The smallest absolute Gasteiger partial charge is 0.355 e. The molecule has 1 fully saturated rings. The number of hydrogen-bond acceptors (Lipinski definition) is 9. The van der Waals surface area contributed by atoms with Crippen molar-refractivity contribution in [3.63, 3.8) is 0 Å². The van der Waals surface area contributed by atoms with Crippen LogP contribution >= 0.6 is 11.6 Å². The van der Waals surface area contributed by atoms with Crippen molar-refractivity contribution in [1.82, 2.24) is 30.1 Å². The predicted molar refractivity (Wildman–Crippen MR) is 155 cm³/mol. The first-order chi connectivity index (χ1) is 22.9. The summed E-state index contributed by atoms with van der Waals surface area (Å²) in [6, 6.07) is 7.66. The predicted octanol–water partition coefficient (Wildman–Crippen LogP) is 7.40. The Hall–Kier alpha value is -4.67. The number of nitrogens with zero attached hydrogens (tertiary/aromatic N) is 6. The van der Waals surface area contributed by atoms with Crippen molar-refractivity contribution >= 4 is 17.4 Å². The molecule has 17 heteroatoms. The molecule has 0 saturated carbocycles. The van der Waals surface area contributed by atoms with E-state index < -0.39 is 47.7 Å². The zero-order valence-electron chi connectivity index (χ0n) is 24.6. The highest BCUT2D eigenvalue weighted by Gasteiger charge is 2.37. The molecule has 2 aromatic carbocycles. The van der Waals surface area contributed by atoms with Gasteiger partial charge in [-0.05, 0) is 55.2 Å². The minimum absolute atomic E-state index is 0.0121. The molecule has 1 saturated heterocycles. The molecule has 0 bridgehead atoms. The number of carbonyl (C=O) groups is 1. The van der Waals surface area contributed by atoms with E-state index in [-0.39, 0.29) is 51.8 Å². The van der Waals surface area contributed by atoms with Crippen molar-refractivity contribution in [2.45, 2.75) is 51.1 Å². The molecule has 0 spiro atoms. The van der Waals surface area contributed by atoms with Crippen LogP contribution in [-0.2, 0) is 35.0 Å². The largest absolute Gasteiger partial charge is 0.416 e. The van der Waals surface area contributed by atoms with Crippen LogP contribution in [0.1, 0.15) is 57.7 Å². The number of halogens is 7. The maximum Gasteiger partial charge on any atom is 0.416 e. The lowest BCUT2D eigenvalue weighted by atomic mass is 9.99. The third-order valence-electron chi connectivity index (χ3n) is 7.39. The number of benzene rings is 2. The molecule has 0 aliphatic carbocycles. The van der Waals surface area contributed by atoms with Gasteiger partial charge in [0.05, 0.1) is 41.1 Å². The molecule has 6 rings (SSSR count). The molecular weight excluding hydrogens is 670 g/mol. The minimum Gasteiger partial charge on any atom is -0.355 e. The number of aromatic nitrogens is 6. The van der Waals surface area contributed by atoms with E-state index in [2.05, 4.69) is 25.4 Å². The van der Waals surface area contributed by atoms with Crippen LogP contribution in [0.25, 0.3) is 22.7 Å². The monoisotopic (exact) mass is 692 g/mol. The topological polar surface area (TPSA) is 118 Å². The van der Waals surface area contributed by atoms with Gasteiger partial charge in [0.25, 0.3) is 0 Å². The maximum absolute atomic E-state index is 14.4. The average molecular weight is 693 g/mol. The normalized spacial score (nSPS) is 15.5. The molecule has 1 aliphatic heterocycles. The molecule has 0 N–H and O–H groups in total. The zero-order chi connectivity index (χ0) is 34.1. The lowest BCUT2D eigenvalue weighted by Crippen LogP contribution is -2.22. The molecule has 1 unspecified atom stereocenters. The van der Waals surface area contributed by atoms with E-state index in [1.807, 2.05) is 0 Å². The van der Waals surface area contributed by atoms with Crippen molar-refractivity contribution in [3.05, 3.63) is 99.7 Å². The first-order valence-corrected chi connectivity index (χ1v) is 14.8. The summed E-state index contributed by atoms with van der Waals surface area (Å²) in [5.41, 5.74) is -3.63. The van der Waals surface area contributed by atoms with Gasteiger partial charge in [-0.3, -0.25) is 14.8 Å². The van der Waals surface area contributed by atoms with Gasteiger partial charge in [0.1, 0.15) is 17.1 Å².